The molecule has 0 spiro atoms. The molecule has 0 aromatic heterocycles. The maximum atomic E-state index is 11.6. The third kappa shape index (κ3) is 3.34. The summed E-state index contributed by atoms with van der Waals surface area (Å²) < 4.78 is 0. The van der Waals surface area contributed by atoms with Crippen molar-refractivity contribution in [2.75, 3.05) is 19.6 Å². The Morgan fingerprint density at radius 2 is 2.20 bits per heavy atom. The summed E-state index contributed by atoms with van der Waals surface area (Å²) in [5.41, 5.74) is 7.07. The smallest absolute Gasteiger partial charge is 0.224 e. The summed E-state index contributed by atoms with van der Waals surface area (Å²) in [6, 6.07) is 0. The molecule has 0 saturated heterocycles. The highest BCUT2D eigenvalue weighted by Gasteiger charge is 2.22. The van der Waals surface area contributed by atoms with Crippen LogP contribution in [-0.4, -0.2) is 30.4 Å². The third-order valence-corrected chi connectivity index (χ3v) is 2.88. The predicted molar refractivity (Wildman–Crippen MR) is 62.4 cm³/mol. The van der Waals surface area contributed by atoms with Gasteiger partial charge in [-0.25, -0.2) is 0 Å². The quantitative estimate of drug-likeness (QED) is 0.703. The van der Waals surface area contributed by atoms with Crippen LogP contribution in [0.25, 0.3) is 0 Å². The summed E-state index contributed by atoms with van der Waals surface area (Å²) in [6.07, 6.45) is 3.66. The second-order valence-electron chi connectivity index (χ2n) is 5.11. The van der Waals surface area contributed by atoms with E-state index in [0.29, 0.717) is 13.0 Å². The van der Waals surface area contributed by atoms with Gasteiger partial charge in [0.1, 0.15) is 0 Å². The fourth-order valence-electron chi connectivity index (χ4n) is 1.86. The van der Waals surface area contributed by atoms with Gasteiger partial charge in [-0.05, 0) is 11.8 Å². The van der Waals surface area contributed by atoms with Crippen molar-refractivity contribution < 1.29 is 4.79 Å². The summed E-state index contributed by atoms with van der Waals surface area (Å²) in [5.74, 6) is 0.182. The van der Waals surface area contributed by atoms with E-state index >= 15 is 0 Å². The number of carbonyl (C=O) groups is 1. The van der Waals surface area contributed by atoms with Crippen molar-refractivity contribution in [3.63, 3.8) is 0 Å². The van der Waals surface area contributed by atoms with Crippen LogP contribution in [0.15, 0.2) is 11.6 Å². The molecule has 0 radical (unpaired) electrons. The lowest BCUT2D eigenvalue weighted by Gasteiger charge is -2.32. The average Bonchev–Trinajstić information content (AvgIpc) is 2.17. The van der Waals surface area contributed by atoms with Crippen molar-refractivity contribution >= 4 is 5.91 Å². The summed E-state index contributed by atoms with van der Waals surface area (Å²) in [4.78, 5) is 13.5. The number of rotatable bonds is 2. The number of nitrogens with two attached hydrogens (primary N) is 1. The largest absolute Gasteiger partial charge is 0.339 e. The Morgan fingerprint density at radius 1 is 1.53 bits per heavy atom. The highest BCUT2D eigenvalue weighted by atomic mass is 16.2. The number of carbonyl (C=O) groups excluding carboxylic acids is 1. The number of amides is 1. The van der Waals surface area contributed by atoms with Gasteiger partial charge in [-0.3, -0.25) is 4.79 Å². The fraction of sp³-hybridized carbons (Fsp3) is 0.750. The van der Waals surface area contributed by atoms with Crippen LogP contribution in [0.2, 0.25) is 0 Å². The van der Waals surface area contributed by atoms with Crippen LogP contribution in [-0.2, 0) is 4.79 Å². The minimum absolute atomic E-state index is 0.182. The molecule has 0 unspecified atom stereocenters. The lowest BCUT2D eigenvalue weighted by molar-refractivity contribution is -0.130. The van der Waals surface area contributed by atoms with E-state index in [1.807, 2.05) is 4.90 Å². The van der Waals surface area contributed by atoms with Crippen LogP contribution in [0.5, 0.6) is 0 Å². The lowest BCUT2D eigenvalue weighted by atomic mass is 9.83. The van der Waals surface area contributed by atoms with Gasteiger partial charge in [-0.2, -0.15) is 0 Å². The molecule has 0 bridgehead atoms. The molecule has 0 aromatic rings. The third-order valence-electron chi connectivity index (χ3n) is 2.88. The van der Waals surface area contributed by atoms with E-state index in [-0.39, 0.29) is 11.3 Å². The van der Waals surface area contributed by atoms with Crippen molar-refractivity contribution in [2.24, 2.45) is 11.1 Å². The van der Waals surface area contributed by atoms with Gasteiger partial charge in [0.2, 0.25) is 5.91 Å². The molecule has 1 amide bonds. The Kier molecular flexibility index (Phi) is 3.91. The summed E-state index contributed by atoms with van der Waals surface area (Å²) >= 11 is 0. The number of nitrogens with zero attached hydrogens (tertiary/aromatic N) is 1. The maximum Gasteiger partial charge on any atom is 0.224 e. The van der Waals surface area contributed by atoms with E-state index in [1.165, 1.54) is 5.57 Å². The van der Waals surface area contributed by atoms with Crippen LogP contribution < -0.4 is 5.73 Å². The molecule has 3 nitrogen and oxygen atoms in total. The molecule has 0 atom stereocenters. The van der Waals surface area contributed by atoms with Crippen LogP contribution in [0.1, 0.15) is 33.6 Å². The van der Waals surface area contributed by atoms with Gasteiger partial charge >= 0.3 is 0 Å². The van der Waals surface area contributed by atoms with E-state index in [2.05, 4.69) is 26.8 Å². The zero-order valence-electron chi connectivity index (χ0n) is 10.0. The van der Waals surface area contributed by atoms with Gasteiger partial charge in [-0.1, -0.05) is 32.4 Å². The molecule has 1 aliphatic rings. The van der Waals surface area contributed by atoms with Crippen molar-refractivity contribution in [3.05, 3.63) is 11.6 Å². The van der Waals surface area contributed by atoms with Crippen LogP contribution >= 0.6 is 0 Å². The summed E-state index contributed by atoms with van der Waals surface area (Å²) in [7, 11) is 0. The molecule has 0 fully saturated rings. The molecule has 2 N–H and O–H groups in total. The zero-order chi connectivity index (χ0) is 11.5. The molecule has 86 valence electrons. The van der Waals surface area contributed by atoms with Crippen LogP contribution in [0.3, 0.4) is 0 Å². The topological polar surface area (TPSA) is 46.3 Å². The van der Waals surface area contributed by atoms with E-state index in [9.17, 15) is 4.79 Å². The molecule has 1 rings (SSSR count). The average molecular weight is 210 g/mol. The normalized spacial score (nSPS) is 17.6. The van der Waals surface area contributed by atoms with Gasteiger partial charge in [0, 0.05) is 26.1 Å². The molecule has 1 heterocycles. The SMILES string of the molecule is CC(C)(C)C1=CCN(C(=O)CCN)CC1. The Bertz CT molecular complexity index is 263. The first-order valence-electron chi connectivity index (χ1n) is 5.62. The van der Waals surface area contributed by atoms with E-state index in [4.69, 9.17) is 5.73 Å². The molecular weight excluding hydrogens is 188 g/mol. The molecular formula is C12H22N2O. The Balaban J connectivity index is 2.54. The second kappa shape index (κ2) is 4.79. The lowest BCUT2D eigenvalue weighted by Crippen LogP contribution is -2.37. The molecule has 0 aliphatic carbocycles. The Morgan fingerprint density at radius 3 is 2.60 bits per heavy atom. The summed E-state index contributed by atoms with van der Waals surface area (Å²) in [6.45, 7) is 8.71. The minimum atomic E-state index is 0.182. The fourth-order valence-corrected chi connectivity index (χ4v) is 1.86. The van der Waals surface area contributed by atoms with Crippen molar-refractivity contribution in [2.45, 2.75) is 33.6 Å². The minimum Gasteiger partial charge on any atom is -0.339 e. The first kappa shape index (κ1) is 12.2. The Labute approximate surface area is 92.3 Å². The highest BCUT2D eigenvalue weighted by molar-refractivity contribution is 5.76. The van der Waals surface area contributed by atoms with Gasteiger partial charge in [0.25, 0.3) is 0 Å². The first-order chi connectivity index (χ1) is 6.95. The van der Waals surface area contributed by atoms with Gasteiger partial charge in [0.05, 0.1) is 0 Å². The van der Waals surface area contributed by atoms with Gasteiger partial charge in [0.15, 0.2) is 0 Å². The van der Waals surface area contributed by atoms with Crippen LogP contribution in [0, 0.1) is 5.41 Å². The second-order valence-corrected chi connectivity index (χ2v) is 5.11. The number of hydrogen-bond donors (Lipinski definition) is 1. The van der Waals surface area contributed by atoms with Gasteiger partial charge in [-0.15, -0.1) is 0 Å². The van der Waals surface area contributed by atoms with Crippen LogP contribution in [0.4, 0.5) is 0 Å². The van der Waals surface area contributed by atoms with E-state index in [0.717, 1.165) is 19.5 Å². The number of hydrogen-bond acceptors (Lipinski definition) is 2. The zero-order valence-corrected chi connectivity index (χ0v) is 10.0. The van der Waals surface area contributed by atoms with Gasteiger partial charge < -0.3 is 10.6 Å². The van der Waals surface area contributed by atoms with Crippen molar-refractivity contribution in [3.8, 4) is 0 Å². The Hall–Kier alpha value is -0.830. The molecule has 1 aliphatic heterocycles. The molecule has 15 heavy (non-hydrogen) atoms. The summed E-state index contributed by atoms with van der Waals surface area (Å²) in [5, 5.41) is 0. The standard InChI is InChI=1S/C12H22N2O/c1-12(2,3)10-5-8-14(9-6-10)11(15)4-7-13/h5H,4,6-9,13H2,1-3H3. The highest BCUT2D eigenvalue weighted by Crippen LogP contribution is 2.30. The van der Waals surface area contributed by atoms with E-state index in [1.54, 1.807) is 0 Å². The monoisotopic (exact) mass is 210 g/mol. The molecule has 0 aromatic carbocycles. The van der Waals surface area contributed by atoms with E-state index < -0.39 is 0 Å². The molecule has 0 saturated carbocycles. The predicted octanol–water partition coefficient (Wildman–Crippen LogP) is 1.54. The van der Waals surface area contributed by atoms with Crippen molar-refractivity contribution in [1.82, 2.24) is 4.90 Å². The van der Waals surface area contributed by atoms with Crippen molar-refractivity contribution in [1.29, 1.82) is 0 Å². The first-order valence-corrected chi connectivity index (χ1v) is 5.62. The maximum absolute atomic E-state index is 11.6. The molecule has 3 heteroatoms.